The smallest absolute Gasteiger partial charge is 0.00699 e. The third kappa shape index (κ3) is 4.28. The van der Waals surface area contributed by atoms with Crippen LogP contribution in [-0.2, 0) is 0 Å². The molecular formula is C16H31N. The van der Waals surface area contributed by atoms with Crippen LogP contribution in [0.4, 0.5) is 0 Å². The number of rotatable bonds is 6. The average molecular weight is 237 g/mol. The van der Waals surface area contributed by atoms with Gasteiger partial charge in [-0.1, -0.05) is 51.9 Å². The van der Waals surface area contributed by atoms with Crippen molar-refractivity contribution in [2.75, 3.05) is 6.54 Å². The van der Waals surface area contributed by atoms with Crippen molar-refractivity contribution in [1.82, 2.24) is 5.32 Å². The molecule has 0 bridgehead atoms. The molecule has 100 valence electrons. The zero-order valence-electron chi connectivity index (χ0n) is 11.7. The topological polar surface area (TPSA) is 12.0 Å². The summed E-state index contributed by atoms with van der Waals surface area (Å²) in [7, 11) is 0. The lowest BCUT2D eigenvalue weighted by atomic mass is 9.69. The summed E-state index contributed by atoms with van der Waals surface area (Å²) in [5.74, 6) is 2.17. The Balaban J connectivity index is 1.59. The quantitative estimate of drug-likeness (QED) is 0.670. The first kappa shape index (κ1) is 13.4. The van der Waals surface area contributed by atoms with Crippen molar-refractivity contribution in [1.29, 1.82) is 0 Å². The summed E-state index contributed by atoms with van der Waals surface area (Å²) >= 11 is 0. The maximum Gasteiger partial charge on any atom is 0.00699 e. The first-order chi connectivity index (χ1) is 8.40. The summed E-state index contributed by atoms with van der Waals surface area (Å²) in [6.07, 6.45) is 16.1. The molecule has 0 aliphatic heterocycles. The van der Waals surface area contributed by atoms with Crippen LogP contribution in [0.25, 0.3) is 0 Å². The Hall–Kier alpha value is -0.0400. The van der Waals surface area contributed by atoms with Crippen molar-refractivity contribution in [3.05, 3.63) is 0 Å². The van der Waals surface area contributed by atoms with Crippen LogP contribution >= 0.6 is 0 Å². The van der Waals surface area contributed by atoms with E-state index in [2.05, 4.69) is 12.2 Å². The highest BCUT2D eigenvalue weighted by molar-refractivity contribution is 4.86. The van der Waals surface area contributed by atoms with E-state index in [4.69, 9.17) is 0 Å². The Morgan fingerprint density at radius 1 is 0.882 bits per heavy atom. The van der Waals surface area contributed by atoms with E-state index in [1.165, 1.54) is 77.2 Å². The molecule has 1 nitrogen and oxygen atoms in total. The lowest BCUT2D eigenvalue weighted by molar-refractivity contribution is 0.143. The molecule has 0 radical (unpaired) electrons. The SMILES string of the molecule is CCCCCCNC1CCC2CCCCC2C1. The van der Waals surface area contributed by atoms with Crippen LogP contribution in [0.1, 0.15) is 77.6 Å². The normalized spacial score (nSPS) is 33.4. The molecule has 0 saturated heterocycles. The van der Waals surface area contributed by atoms with Gasteiger partial charge in [0.05, 0.1) is 0 Å². The molecule has 2 aliphatic rings. The fourth-order valence-electron chi connectivity index (χ4n) is 3.92. The van der Waals surface area contributed by atoms with Gasteiger partial charge >= 0.3 is 0 Å². The molecule has 2 saturated carbocycles. The van der Waals surface area contributed by atoms with Gasteiger partial charge in [0.15, 0.2) is 0 Å². The van der Waals surface area contributed by atoms with Crippen LogP contribution in [0.15, 0.2) is 0 Å². The summed E-state index contributed by atoms with van der Waals surface area (Å²) in [5.41, 5.74) is 0. The van der Waals surface area contributed by atoms with E-state index in [9.17, 15) is 0 Å². The lowest BCUT2D eigenvalue weighted by Crippen LogP contribution is -2.39. The molecule has 1 heteroatoms. The van der Waals surface area contributed by atoms with Crippen LogP contribution < -0.4 is 5.32 Å². The molecule has 2 aliphatic carbocycles. The molecule has 0 spiro atoms. The lowest BCUT2D eigenvalue weighted by Gasteiger charge is -2.39. The Labute approximate surface area is 108 Å². The molecule has 1 N–H and O–H groups in total. The number of hydrogen-bond donors (Lipinski definition) is 1. The van der Waals surface area contributed by atoms with Gasteiger partial charge in [-0.05, 0) is 44.1 Å². The fourth-order valence-corrected chi connectivity index (χ4v) is 3.92. The molecule has 0 aromatic rings. The Morgan fingerprint density at radius 3 is 2.53 bits per heavy atom. The summed E-state index contributed by atoms with van der Waals surface area (Å²) in [6.45, 7) is 3.56. The van der Waals surface area contributed by atoms with Gasteiger partial charge in [-0.2, -0.15) is 0 Å². The molecular weight excluding hydrogens is 206 g/mol. The molecule has 3 unspecified atom stereocenters. The Bertz CT molecular complexity index is 202. The van der Waals surface area contributed by atoms with Crippen molar-refractivity contribution in [3.8, 4) is 0 Å². The van der Waals surface area contributed by atoms with E-state index in [0.717, 1.165) is 17.9 Å². The average Bonchev–Trinajstić information content (AvgIpc) is 2.38. The van der Waals surface area contributed by atoms with Crippen LogP contribution in [0, 0.1) is 11.8 Å². The first-order valence-electron chi connectivity index (χ1n) is 8.13. The summed E-state index contributed by atoms with van der Waals surface area (Å²) in [5, 5.41) is 3.81. The van der Waals surface area contributed by atoms with E-state index < -0.39 is 0 Å². The third-order valence-corrected chi connectivity index (χ3v) is 5.00. The zero-order valence-corrected chi connectivity index (χ0v) is 11.7. The van der Waals surface area contributed by atoms with Gasteiger partial charge in [0.1, 0.15) is 0 Å². The third-order valence-electron chi connectivity index (χ3n) is 5.00. The zero-order chi connectivity index (χ0) is 11.9. The highest BCUT2D eigenvalue weighted by Crippen LogP contribution is 2.40. The van der Waals surface area contributed by atoms with E-state index in [-0.39, 0.29) is 0 Å². The molecule has 2 fully saturated rings. The highest BCUT2D eigenvalue weighted by atomic mass is 14.9. The Kier molecular flexibility index (Phi) is 5.84. The minimum absolute atomic E-state index is 0.857. The summed E-state index contributed by atoms with van der Waals surface area (Å²) < 4.78 is 0. The maximum absolute atomic E-state index is 3.81. The Morgan fingerprint density at radius 2 is 1.71 bits per heavy atom. The molecule has 0 heterocycles. The fraction of sp³-hybridized carbons (Fsp3) is 1.00. The number of hydrogen-bond acceptors (Lipinski definition) is 1. The maximum atomic E-state index is 3.81. The van der Waals surface area contributed by atoms with E-state index in [0.29, 0.717) is 0 Å². The van der Waals surface area contributed by atoms with Crippen molar-refractivity contribution >= 4 is 0 Å². The molecule has 0 aromatic heterocycles. The van der Waals surface area contributed by atoms with Gasteiger partial charge in [0.25, 0.3) is 0 Å². The van der Waals surface area contributed by atoms with Gasteiger partial charge < -0.3 is 5.32 Å². The van der Waals surface area contributed by atoms with E-state index >= 15 is 0 Å². The summed E-state index contributed by atoms with van der Waals surface area (Å²) in [6, 6.07) is 0.857. The van der Waals surface area contributed by atoms with E-state index in [1.807, 2.05) is 0 Å². The van der Waals surface area contributed by atoms with Gasteiger partial charge in [-0.15, -0.1) is 0 Å². The van der Waals surface area contributed by atoms with Crippen LogP contribution in [0.5, 0.6) is 0 Å². The molecule has 0 amide bonds. The second kappa shape index (κ2) is 7.41. The number of unbranched alkanes of at least 4 members (excludes halogenated alkanes) is 3. The van der Waals surface area contributed by atoms with Crippen molar-refractivity contribution in [2.45, 2.75) is 83.6 Å². The predicted octanol–water partition coefficient (Wildman–Crippen LogP) is 4.52. The molecule has 2 rings (SSSR count). The predicted molar refractivity (Wildman–Crippen MR) is 75.2 cm³/mol. The minimum Gasteiger partial charge on any atom is -0.314 e. The van der Waals surface area contributed by atoms with Gasteiger partial charge in [0.2, 0.25) is 0 Å². The van der Waals surface area contributed by atoms with E-state index in [1.54, 1.807) is 0 Å². The van der Waals surface area contributed by atoms with Gasteiger partial charge in [-0.3, -0.25) is 0 Å². The number of nitrogens with one attached hydrogen (secondary N) is 1. The monoisotopic (exact) mass is 237 g/mol. The molecule has 17 heavy (non-hydrogen) atoms. The van der Waals surface area contributed by atoms with Crippen molar-refractivity contribution in [2.24, 2.45) is 11.8 Å². The van der Waals surface area contributed by atoms with Crippen LogP contribution in [0.2, 0.25) is 0 Å². The largest absolute Gasteiger partial charge is 0.314 e. The first-order valence-corrected chi connectivity index (χ1v) is 8.13. The van der Waals surface area contributed by atoms with Crippen molar-refractivity contribution in [3.63, 3.8) is 0 Å². The molecule has 0 aromatic carbocycles. The van der Waals surface area contributed by atoms with Gasteiger partial charge in [-0.25, -0.2) is 0 Å². The second-order valence-corrected chi connectivity index (χ2v) is 6.33. The standard InChI is InChI=1S/C16H31N/c1-2-3-4-7-12-17-16-11-10-14-8-5-6-9-15(14)13-16/h14-17H,2-13H2,1H3. The summed E-state index contributed by atoms with van der Waals surface area (Å²) in [4.78, 5) is 0. The van der Waals surface area contributed by atoms with Crippen LogP contribution in [-0.4, -0.2) is 12.6 Å². The minimum atomic E-state index is 0.857. The van der Waals surface area contributed by atoms with Crippen molar-refractivity contribution < 1.29 is 0 Å². The second-order valence-electron chi connectivity index (χ2n) is 6.33. The number of fused-ring (bicyclic) bond motifs is 1. The molecule has 3 atom stereocenters. The van der Waals surface area contributed by atoms with Gasteiger partial charge in [0, 0.05) is 6.04 Å². The highest BCUT2D eigenvalue weighted by Gasteiger charge is 2.31. The van der Waals surface area contributed by atoms with Crippen LogP contribution in [0.3, 0.4) is 0 Å².